The maximum Gasteiger partial charge on any atom is 0.129 e. The predicted octanol–water partition coefficient (Wildman–Crippen LogP) is 4.22. The summed E-state index contributed by atoms with van der Waals surface area (Å²) in [6.45, 7) is 7.42. The average Bonchev–Trinajstić information content (AvgIpc) is 2.26. The molecule has 0 saturated carbocycles. The standard InChI is InChI=1S/C16H26BrFN2/c1-11(2)8-14(10-20(4)5)19-12(3)15-7-6-13(17)9-16(15)18/h6-7,9,11-12,14,19H,8,10H2,1-5H3. The quantitative estimate of drug-likeness (QED) is 0.796. The lowest BCUT2D eigenvalue weighted by Gasteiger charge is -2.27. The number of hydrogen-bond donors (Lipinski definition) is 1. The molecule has 0 fully saturated rings. The van der Waals surface area contributed by atoms with Gasteiger partial charge < -0.3 is 10.2 Å². The first kappa shape index (κ1) is 17.6. The van der Waals surface area contributed by atoms with Crippen molar-refractivity contribution in [2.45, 2.75) is 39.3 Å². The van der Waals surface area contributed by atoms with Crippen LogP contribution < -0.4 is 5.32 Å². The Labute approximate surface area is 130 Å². The van der Waals surface area contributed by atoms with E-state index in [0.717, 1.165) is 23.0 Å². The Morgan fingerprint density at radius 3 is 2.40 bits per heavy atom. The van der Waals surface area contributed by atoms with Crippen molar-refractivity contribution in [1.82, 2.24) is 10.2 Å². The summed E-state index contributed by atoms with van der Waals surface area (Å²) in [6.07, 6.45) is 1.08. The van der Waals surface area contributed by atoms with Crippen molar-refractivity contribution in [1.29, 1.82) is 0 Å². The Hall–Kier alpha value is -0.450. The van der Waals surface area contributed by atoms with Crippen LogP contribution in [0.1, 0.15) is 38.8 Å². The smallest absolute Gasteiger partial charge is 0.129 e. The molecule has 0 radical (unpaired) electrons. The highest BCUT2D eigenvalue weighted by molar-refractivity contribution is 9.10. The van der Waals surface area contributed by atoms with Crippen molar-refractivity contribution in [3.63, 3.8) is 0 Å². The Balaban J connectivity index is 2.75. The van der Waals surface area contributed by atoms with Crippen molar-refractivity contribution >= 4 is 15.9 Å². The number of likely N-dealkylation sites (N-methyl/N-ethyl adjacent to an activating group) is 1. The second-order valence-electron chi connectivity index (χ2n) is 6.14. The minimum atomic E-state index is -0.160. The third-order valence-corrected chi connectivity index (χ3v) is 3.75. The van der Waals surface area contributed by atoms with Crippen molar-refractivity contribution in [3.05, 3.63) is 34.1 Å². The molecule has 1 N–H and O–H groups in total. The van der Waals surface area contributed by atoms with Gasteiger partial charge in [-0.25, -0.2) is 4.39 Å². The summed E-state index contributed by atoms with van der Waals surface area (Å²) in [5.41, 5.74) is 0.723. The van der Waals surface area contributed by atoms with E-state index in [1.165, 1.54) is 6.07 Å². The van der Waals surface area contributed by atoms with E-state index in [-0.39, 0.29) is 11.9 Å². The zero-order chi connectivity index (χ0) is 15.3. The molecule has 4 heteroatoms. The number of benzene rings is 1. The van der Waals surface area contributed by atoms with Crippen molar-refractivity contribution in [2.24, 2.45) is 5.92 Å². The van der Waals surface area contributed by atoms with Crippen LogP contribution >= 0.6 is 15.9 Å². The zero-order valence-electron chi connectivity index (χ0n) is 13.1. The van der Waals surface area contributed by atoms with Crippen LogP contribution in [-0.2, 0) is 0 Å². The van der Waals surface area contributed by atoms with Crippen LogP contribution in [0.5, 0.6) is 0 Å². The molecular weight excluding hydrogens is 319 g/mol. The van der Waals surface area contributed by atoms with Crippen LogP contribution in [0.3, 0.4) is 0 Å². The monoisotopic (exact) mass is 344 g/mol. The maximum atomic E-state index is 14.0. The van der Waals surface area contributed by atoms with E-state index in [1.807, 2.05) is 19.1 Å². The number of halogens is 2. The van der Waals surface area contributed by atoms with E-state index in [1.54, 1.807) is 0 Å². The second-order valence-corrected chi connectivity index (χ2v) is 7.06. The number of nitrogens with zero attached hydrogens (tertiary/aromatic N) is 1. The zero-order valence-corrected chi connectivity index (χ0v) is 14.7. The van der Waals surface area contributed by atoms with E-state index in [9.17, 15) is 4.39 Å². The van der Waals surface area contributed by atoms with Gasteiger partial charge in [-0.2, -0.15) is 0 Å². The average molecular weight is 345 g/mol. The van der Waals surface area contributed by atoms with Crippen LogP contribution in [0.2, 0.25) is 0 Å². The van der Waals surface area contributed by atoms with Gasteiger partial charge in [-0.15, -0.1) is 0 Å². The minimum Gasteiger partial charge on any atom is -0.308 e. The van der Waals surface area contributed by atoms with Crippen LogP contribution in [0, 0.1) is 11.7 Å². The first-order valence-corrected chi connectivity index (χ1v) is 7.94. The lowest BCUT2D eigenvalue weighted by molar-refractivity contribution is 0.289. The maximum absolute atomic E-state index is 14.0. The fourth-order valence-electron chi connectivity index (χ4n) is 2.50. The van der Waals surface area contributed by atoms with Gasteiger partial charge in [0.25, 0.3) is 0 Å². The molecule has 1 aromatic carbocycles. The summed E-state index contributed by atoms with van der Waals surface area (Å²) in [5.74, 6) is 0.460. The molecule has 0 aromatic heterocycles. The number of rotatable bonds is 7. The van der Waals surface area contributed by atoms with Gasteiger partial charge in [0.2, 0.25) is 0 Å². The number of nitrogens with one attached hydrogen (secondary N) is 1. The Morgan fingerprint density at radius 1 is 1.25 bits per heavy atom. The second kappa shape index (κ2) is 8.11. The largest absolute Gasteiger partial charge is 0.308 e. The van der Waals surface area contributed by atoms with Gasteiger partial charge >= 0.3 is 0 Å². The normalized spacial score (nSPS) is 14.8. The molecule has 0 spiro atoms. The predicted molar refractivity (Wildman–Crippen MR) is 87.4 cm³/mol. The third kappa shape index (κ3) is 5.90. The van der Waals surface area contributed by atoms with E-state index in [2.05, 4.69) is 54.1 Å². The molecule has 2 atom stereocenters. The lowest BCUT2D eigenvalue weighted by Crippen LogP contribution is -2.40. The van der Waals surface area contributed by atoms with Gasteiger partial charge in [-0.05, 0) is 45.5 Å². The molecule has 0 bridgehead atoms. The molecule has 2 nitrogen and oxygen atoms in total. The van der Waals surface area contributed by atoms with E-state index in [0.29, 0.717) is 12.0 Å². The number of hydrogen-bond acceptors (Lipinski definition) is 2. The molecule has 0 amide bonds. The van der Waals surface area contributed by atoms with E-state index < -0.39 is 0 Å². The van der Waals surface area contributed by atoms with Crippen LogP contribution in [0.15, 0.2) is 22.7 Å². The van der Waals surface area contributed by atoms with Crippen molar-refractivity contribution in [3.8, 4) is 0 Å². The minimum absolute atomic E-state index is 0.00630. The molecular formula is C16H26BrFN2. The van der Waals surface area contributed by atoms with E-state index >= 15 is 0 Å². The van der Waals surface area contributed by atoms with Crippen LogP contribution in [-0.4, -0.2) is 31.6 Å². The molecule has 1 aromatic rings. The Bertz CT molecular complexity index is 411. The Kier molecular flexibility index (Phi) is 7.13. The lowest BCUT2D eigenvalue weighted by atomic mass is 10.0. The van der Waals surface area contributed by atoms with Gasteiger partial charge in [-0.3, -0.25) is 0 Å². The molecule has 0 aliphatic rings. The van der Waals surface area contributed by atoms with Crippen LogP contribution in [0.25, 0.3) is 0 Å². The molecule has 0 aliphatic heterocycles. The molecule has 0 heterocycles. The summed E-state index contributed by atoms with van der Waals surface area (Å²) < 4.78 is 14.8. The topological polar surface area (TPSA) is 15.3 Å². The van der Waals surface area contributed by atoms with Gasteiger partial charge in [-0.1, -0.05) is 35.8 Å². The van der Waals surface area contributed by atoms with E-state index in [4.69, 9.17) is 0 Å². The third-order valence-electron chi connectivity index (χ3n) is 3.26. The Morgan fingerprint density at radius 2 is 1.90 bits per heavy atom. The fraction of sp³-hybridized carbons (Fsp3) is 0.625. The molecule has 20 heavy (non-hydrogen) atoms. The summed E-state index contributed by atoms with van der Waals surface area (Å²) in [6, 6.07) is 5.63. The summed E-state index contributed by atoms with van der Waals surface area (Å²) in [5, 5.41) is 3.56. The molecule has 114 valence electrons. The highest BCUT2D eigenvalue weighted by Crippen LogP contribution is 2.22. The summed E-state index contributed by atoms with van der Waals surface area (Å²) >= 11 is 3.29. The highest BCUT2D eigenvalue weighted by Gasteiger charge is 2.18. The highest BCUT2D eigenvalue weighted by atomic mass is 79.9. The van der Waals surface area contributed by atoms with Crippen molar-refractivity contribution < 1.29 is 4.39 Å². The van der Waals surface area contributed by atoms with Gasteiger partial charge in [0, 0.05) is 28.7 Å². The molecule has 0 saturated heterocycles. The first-order chi connectivity index (χ1) is 9.29. The fourth-order valence-corrected chi connectivity index (χ4v) is 2.83. The molecule has 0 aliphatic carbocycles. The van der Waals surface area contributed by atoms with Crippen molar-refractivity contribution in [2.75, 3.05) is 20.6 Å². The van der Waals surface area contributed by atoms with Gasteiger partial charge in [0.15, 0.2) is 0 Å². The first-order valence-electron chi connectivity index (χ1n) is 7.15. The summed E-state index contributed by atoms with van der Waals surface area (Å²) in [7, 11) is 4.14. The van der Waals surface area contributed by atoms with Crippen LogP contribution in [0.4, 0.5) is 4.39 Å². The summed E-state index contributed by atoms with van der Waals surface area (Å²) in [4.78, 5) is 2.17. The van der Waals surface area contributed by atoms with Gasteiger partial charge in [0.05, 0.1) is 0 Å². The molecule has 1 rings (SSSR count). The van der Waals surface area contributed by atoms with Gasteiger partial charge in [0.1, 0.15) is 5.82 Å². The SMILES string of the molecule is CC(C)CC(CN(C)C)NC(C)c1ccc(Br)cc1F. The molecule has 2 unspecified atom stereocenters.